The molecule has 2 rings (SSSR count). The molecule has 5 nitrogen and oxygen atoms in total. The van der Waals surface area contributed by atoms with Crippen molar-refractivity contribution in [3.63, 3.8) is 0 Å². The van der Waals surface area contributed by atoms with Crippen molar-refractivity contribution in [2.24, 2.45) is 22.5 Å². The van der Waals surface area contributed by atoms with E-state index in [4.69, 9.17) is 5.73 Å². The van der Waals surface area contributed by atoms with Crippen LogP contribution in [0, 0.1) is 16.7 Å². The van der Waals surface area contributed by atoms with Gasteiger partial charge in [-0.15, -0.1) is 0 Å². The van der Waals surface area contributed by atoms with Gasteiger partial charge in [-0.25, -0.2) is 4.79 Å². The fourth-order valence-corrected chi connectivity index (χ4v) is 3.93. The van der Waals surface area contributed by atoms with Crippen molar-refractivity contribution in [2.45, 2.75) is 52.5 Å². The number of nitrogens with one attached hydrogen (secondary N) is 2. The lowest BCUT2D eigenvalue weighted by molar-refractivity contribution is -0.117. The number of carbonyl (C=O) groups excluding carboxylic acids is 2. The molecule has 4 N–H and O–H groups in total. The van der Waals surface area contributed by atoms with E-state index in [1.807, 2.05) is 0 Å². The number of rotatable bonds is 4. The van der Waals surface area contributed by atoms with E-state index in [0.717, 1.165) is 6.42 Å². The monoisotopic (exact) mass is 267 g/mol. The molecule has 2 aliphatic carbocycles. The van der Waals surface area contributed by atoms with Gasteiger partial charge in [-0.05, 0) is 36.0 Å². The smallest absolute Gasteiger partial charge is 0.315 e. The van der Waals surface area contributed by atoms with Gasteiger partial charge in [0, 0.05) is 19.0 Å². The molecule has 108 valence electrons. The van der Waals surface area contributed by atoms with E-state index in [1.165, 1.54) is 12.8 Å². The molecule has 0 aliphatic heterocycles. The zero-order valence-corrected chi connectivity index (χ0v) is 12.1. The van der Waals surface area contributed by atoms with Crippen LogP contribution in [0.25, 0.3) is 0 Å². The molecule has 0 aromatic rings. The molecule has 0 spiro atoms. The molecule has 0 aromatic carbocycles. The molecule has 3 amide bonds. The highest BCUT2D eigenvalue weighted by atomic mass is 16.2. The lowest BCUT2D eigenvalue weighted by atomic mass is 9.69. The van der Waals surface area contributed by atoms with E-state index < -0.39 is 5.91 Å². The summed E-state index contributed by atoms with van der Waals surface area (Å²) < 4.78 is 0. The van der Waals surface area contributed by atoms with Gasteiger partial charge in [0.05, 0.1) is 0 Å². The normalized spacial score (nSPS) is 35.1. The van der Waals surface area contributed by atoms with Crippen molar-refractivity contribution >= 4 is 11.9 Å². The van der Waals surface area contributed by atoms with Gasteiger partial charge in [-0.3, -0.25) is 4.79 Å². The quantitative estimate of drug-likeness (QED) is 0.719. The topological polar surface area (TPSA) is 84.2 Å². The minimum atomic E-state index is -0.395. The van der Waals surface area contributed by atoms with Crippen molar-refractivity contribution < 1.29 is 9.59 Å². The third-order valence-electron chi connectivity index (χ3n) is 5.76. The number of fused-ring (bicyclic) bond motifs is 2. The van der Waals surface area contributed by atoms with Crippen LogP contribution >= 0.6 is 0 Å². The first kappa shape index (κ1) is 14.2. The Labute approximate surface area is 114 Å². The van der Waals surface area contributed by atoms with Gasteiger partial charge in [0.15, 0.2) is 0 Å². The van der Waals surface area contributed by atoms with Crippen LogP contribution in [-0.4, -0.2) is 24.5 Å². The first-order chi connectivity index (χ1) is 8.77. The zero-order valence-electron chi connectivity index (χ0n) is 12.1. The SMILES string of the molecule is CC1(C)[C@H]2CC[C@@]1(C)[C@H](NC(=O)NCCC(N)=O)C2. The maximum Gasteiger partial charge on any atom is 0.315 e. The summed E-state index contributed by atoms with van der Waals surface area (Å²) in [5, 5.41) is 5.77. The van der Waals surface area contributed by atoms with Crippen LogP contribution in [-0.2, 0) is 4.79 Å². The number of carbonyl (C=O) groups is 2. The standard InChI is InChI=1S/C14H25N3O2/c1-13(2)9-4-6-14(13,3)10(8-9)17-12(19)16-7-5-11(15)18/h9-10H,4-8H2,1-3H3,(H2,15,18)(H2,16,17,19)/t9-,10+,14-/m0/s1. The Morgan fingerprint density at radius 2 is 2.00 bits per heavy atom. The molecule has 5 heteroatoms. The number of urea groups is 1. The predicted octanol–water partition coefficient (Wildman–Crippen LogP) is 1.38. The Kier molecular flexibility index (Phi) is 3.49. The minimum absolute atomic E-state index is 0.179. The fraction of sp³-hybridized carbons (Fsp3) is 0.857. The van der Waals surface area contributed by atoms with Crippen LogP contribution in [0.3, 0.4) is 0 Å². The molecule has 0 unspecified atom stereocenters. The van der Waals surface area contributed by atoms with Crippen LogP contribution in [0.15, 0.2) is 0 Å². The Hall–Kier alpha value is -1.26. The average Bonchev–Trinajstić information content (AvgIpc) is 2.61. The van der Waals surface area contributed by atoms with Gasteiger partial charge in [0.2, 0.25) is 5.91 Å². The van der Waals surface area contributed by atoms with E-state index in [9.17, 15) is 9.59 Å². The Morgan fingerprint density at radius 1 is 1.32 bits per heavy atom. The second kappa shape index (κ2) is 4.69. The summed E-state index contributed by atoms with van der Waals surface area (Å²) in [7, 11) is 0. The van der Waals surface area contributed by atoms with Gasteiger partial charge in [0.25, 0.3) is 0 Å². The summed E-state index contributed by atoms with van der Waals surface area (Å²) in [5.74, 6) is 0.307. The van der Waals surface area contributed by atoms with Crippen molar-refractivity contribution in [2.75, 3.05) is 6.54 Å². The van der Waals surface area contributed by atoms with Crippen LogP contribution in [0.5, 0.6) is 0 Å². The number of hydrogen-bond acceptors (Lipinski definition) is 2. The molecular weight excluding hydrogens is 242 g/mol. The van der Waals surface area contributed by atoms with Crippen molar-refractivity contribution in [3.05, 3.63) is 0 Å². The molecule has 3 atom stereocenters. The molecule has 0 radical (unpaired) electrons. The van der Waals surface area contributed by atoms with Gasteiger partial charge in [-0.2, -0.15) is 0 Å². The molecule has 2 bridgehead atoms. The number of hydrogen-bond donors (Lipinski definition) is 3. The first-order valence-corrected chi connectivity index (χ1v) is 7.10. The van der Waals surface area contributed by atoms with Crippen molar-refractivity contribution in [1.29, 1.82) is 0 Å². The lowest BCUT2D eigenvalue weighted by Gasteiger charge is -2.39. The van der Waals surface area contributed by atoms with Gasteiger partial charge >= 0.3 is 6.03 Å². The maximum absolute atomic E-state index is 11.8. The summed E-state index contributed by atoms with van der Waals surface area (Å²) in [6.07, 6.45) is 3.69. The Morgan fingerprint density at radius 3 is 2.47 bits per heavy atom. The van der Waals surface area contributed by atoms with Crippen molar-refractivity contribution in [1.82, 2.24) is 10.6 Å². The van der Waals surface area contributed by atoms with Crippen LogP contribution in [0.4, 0.5) is 4.79 Å². The van der Waals surface area contributed by atoms with E-state index in [0.29, 0.717) is 12.5 Å². The number of amides is 3. The Balaban J connectivity index is 1.88. The number of primary amides is 1. The highest BCUT2D eigenvalue weighted by Crippen LogP contribution is 2.65. The minimum Gasteiger partial charge on any atom is -0.370 e. The number of nitrogens with two attached hydrogens (primary N) is 1. The molecular formula is C14H25N3O2. The molecule has 0 aromatic heterocycles. The third-order valence-corrected chi connectivity index (χ3v) is 5.76. The summed E-state index contributed by atoms with van der Waals surface area (Å²) in [5.41, 5.74) is 5.51. The fourth-order valence-electron chi connectivity index (χ4n) is 3.93. The summed E-state index contributed by atoms with van der Waals surface area (Å²) in [6, 6.07) is 0.0469. The van der Waals surface area contributed by atoms with E-state index in [-0.39, 0.29) is 29.3 Å². The van der Waals surface area contributed by atoms with Crippen LogP contribution < -0.4 is 16.4 Å². The van der Waals surface area contributed by atoms with Crippen molar-refractivity contribution in [3.8, 4) is 0 Å². The highest BCUT2D eigenvalue weighted by Gasteiger charge is 2.61. The predicted molar refractivity (Wildman–Crippen MR) is 73.4 cm³/mol. The molecule has 0 heterocycles. The van der Waals surface area contributed by atoms with Gasteiger partial charge in [-0.1, -0.05) is 20.8 Å². The van der Waals surface area contributed by atoms with Crippen LogP contribution in [0.2, 0.25) is 0 Å². The van der Waals surface area contributed by atoms with E-state index >= 15 is 0 Å². The molecule has 2 aliphatic rings. The summed E-state index contributed by atoms with van der Waals surface area (Å²) in [6.45, 7) is 7.22. The highest BCUT2D eigenvalue weighted by molar-refractivity contribution is 5.77. The largest absolute Gasteiger partial charge is 0.370 e. The van der Waals surface area contributed by atoms with E-state index in [2.05, 4.69) is 31.4 Å². The maximum atomic E-state index is 11.8. The van der Waals surface area contributed by atoms with Crippen LogP contribution in [0.1, 0.15) is 46.5 Å². The lowest BCUT2D eigenvalue weighted by Crippen LogP contribution is -2.50. The molecule has 0 saturated heterocycles. The first-order valence-electron chi connectivity index (χ1n) is 7.10. The van der Waals surface area contributed by atoms with Gasteiger partial charge < -0.3 is 16.4 Å². The average molecular weight is 267 g/mol. The third kappa shape index (κ3) is 2.30. The molecule has 19 heavy (non-hydrogen) atoms. The molecule has 2 saturated carbocycles. The molecule has 2 fully saturated rings. The second-order valence-corrected chi connectivity index (χ2v) is 6.78. The summed E-state index contributed by atoms with van der Waals surface area (Å²) >= 11 is 0. The van der Waals surface area contributed by atoms with E-state index in [1.54, 1.807) is 0 Å². The van der Waals surface area contributed by atoms with Gasteiger partial charge in [0.1, 0.15) is 0 Å². The zero-order chi connectivity index (χ0) is 14.3. The Bertz CT molecular complexity index is 394. The second-order valence-electron chi connectivity index (χ2n) is 6.78. The summed E-state index contributed by atoms with van der Waals surface area (Å²) in [4.78, 5) is 22.5.